The molecule has 0 saturated carbocycles. The number of pyridine rings is 1. The smallest absolute Gasteiger partial charge is 0.227 e. The number of hydrogen-bond acceptors (Lipinski definition) is 7. The molecule has 0 atom stereocenters. The van der Waals surface area contributed by atoms with Crippen molar-refractivity contribution in [3.05, 3.63) is 55.1 Å². The molecule has 0 saturated heterocycles. The van der Waals surface area contributed by atoms with Crippen LogP contribution in [-0.2, 0) is 7.05 Å². The Hall–Kier alpha value is -3.65. The Bertz CT molecular complexity index is 1250. The van der Waals surface area contributed by atoms with Crippen molar-refractivity contribution in [2.45, 2.75) is 13.3 Å². The second kappa shape index (κ2) is 10.5. The SMILES string of the molecule is CCN(CCCN(C)C)c1ccc(Nc2nccc(-c3cn(C)c4cnccc34)n2)c(OC)c1. The molecule has 0 aliphatic carbocycles. The third kappa shape index (κ3) is 5.12. The molecule has 0 amide bonds. The van der Waals surface area contributed by atoms with Crippen molar-refractivity contribution in [3.8, 4) is 17.0 Å². The number of aromatic nitrogens is 4. The van der Waals surface area contributed by atoms with Crippen LogP contribution < -0.4 is 15.0 Å². The van der Waals surface area contributed by atoms with Gasteiger partial charge in [0.1, 0.15) is 5.75 Å². The zero-order chi connectivity index (χ0) is 24.1. The van der Waals surface area contributed by atoms with Crippen molar-refractivity contribution in [3.63, 3.8) is 0 Å². The number of nitrogens with zero attached hydrogens (tertiary/aromatic N) is 6. The van der Waals surface area contributed by atoms with Crippen molar-refractivity contribution in [1.82, 2.24) is 24.4 Å². The molecule has 1 aromatic carbocycles. The molecule has 4 aromatic rings. The lowest BCUT2D eigenvalue weighted by Crippen LogP contribution is -2.27. The molecule has 178 valence electrons. The van der Waals surface area contributed by atoms with Gasteiger partial charge in [-0.3, -0.25) is 4.98 Å². The molecule has 34 heavy (non-hydrogen) atoms. The zero-order valence-electron chi connectivity index (χ0n) is 20.6. The first-order valence-corrected chi connectivity index (χ1v) is 11.6. The highest BCUT2D eigenvalue weighted by atomic mass is 16.5. The van der Waals surface area contributed by atoms with Crippen LogP contribution in [0, 0.1) is 0 Å². The first-order valence-electron chi connectivity index (χ1n) is 11.6. The topological polar surface area (TPSA) is 71.3 Å². The quantitative estimate of drug-likeness (QED) is 0.373. The van der Waals surface area contributed by atoms with E-state index >= 15 is 0 Å². The Labute approximate surface area is 201 Å². The number of fused-ring (bicyclic) bond motifs is 1. The van der Waals surface area contributed by atoms with Crippen LogP contribution in [0.4, 0.5) is 17.3 Å². The highest BCUT2D eigenvalue weighted by molar-refractivity contribution is 5.94. The predicted molar refractivity (Wildman–Crippen MR) is 139 cm³/mol. The van der Waals surface area contributed by atoms with Gasteiger partial charge in [0.2, 0.25) is 5.95 Å². The van der Waals surface area contributed by atoms with Crippen LogP contribution in [0.3, 0.4) is 0 Å². The fraction of sp³-hybridized carbons (Fsp3) is 0.346. The van der Waals surface area contributed by atoms with Crippen LogP contribution >= 0.6 is 0 Å². The maximum absolute atomic E-state index is 5.71. The number of benzene rings is 1. The summed E-state index contributed by atoms with van der Waals surface area (Å²) >= 11 is 0. The van der Waals surface area contributed by atoms with E-state index in [2.05, 4.69) is 69.0 Å². The molecule has 4 rings (SSSR count). The fourth-order valence-electron chi connectivity index (χ4n) is 4.15. The summed E-state index contributed by atoms with van der Waals surface area (Å²) in [6.07, 6.45) is 8.62. The fourth-order valence-corrected chi connectivity index (χ4v) is 4.15. The molecular weight excluding hydrogens is 426 g/mol. The van der Waals surface area contributed by atoms with Crippen molar-refractivity contribution in [1.29, 1.82) is 0 Å². The first kappa shape index (κ1) is 23.5. The van der Waals surface area contributed by atoms with Crippen LogP contribution in [0.5, 0.6) is 5.75 Å². The van der Waals surface area contributed by atoms with Gasteiger partial charge in [0.25, 0.3) is 0 Å². The van der Waals surface area contributed by atoms with E-state index in [1.54, 1.807) is 19.5 Å². The van der Waals surface area contributed by atoms with Crippen LogP contribution in [0.2, 0.25) is 0 Å². The maximum atomic E-state index is 5.71. The van der Waals surface area contributed by atoms with Gasteiger partial charge in [-0.15, -0.1) is 0 Å². The summed E-state index contributed by atoms with van der Waals surface area (Å²) in [5.74, 6) is 1.28. The maximum Gasteiger partial charge on any atom is 0.227 e. The van der Waals surface area contributed by atoms with Crippen molar-refractivity contribution in [2.24, 2.45) is 7.05 Å². The average Bonchev–Trinajstić information content (AvgIpc) is 3.19. The lowest BCUT2D eigenvalue weighted by molar-refractivity contribution is 0.400. The second-order valence-electron chi connectivity index (χ2n) is 8.56. The summed E-state index contributed by atoms with van der Waals surface area (Å²) in [6.45, 7) is 5.18. The largest absolute Gasteiger partial charge is 0.494 e. The average molecular weight is 460 g/mol. The molecule has 8 heteroatoms. The van der Waals surface area contributed by atoms with Gasteiger partial charge in [0.15, 0.2) is 0 Å². The van der Waals surface area contributed by atoms with Gasteiger partial charge in [-0.2, -0.15) is 0 Å². The van der Waals surface area contributed by atoms with E-state index in [9.17, 15) is 0 Å². The molecule has 0 bridgehead atoms. The Kier molecular flexibility index (Phi) is 7.27. The second-order valence-corrected chi connectivity index (χ2v) is 8.56. The number of aryl methyl sites for hydroxylation is 1. The van der Waals surface area contributed by atoms with E-state index in [-0.39, 0.29) is 0 Å². The third-order valence-electron chi connectivity index (χ3n) is 5.94. The van der Waals surface area contributed by atoms with Gasteiger partial charge < -0.3 is 24.4 Å². The number of rotatable bonds is 10. The molecule has 3 aromatic heterocycles. The Balaban J connectivity index is 1.57. The minimum atomic E-state index is 0.521. The van der Waals surface area contributed by atoms with Crippen LogP contribution in [0.15, 0.2) is 55.1 Å². The van der Waals surface area contributed by atoms with E-state index in [1.165, 1.54) is 0 Å². The predicted octanol–water partition coefficient (Wildman–Crippen LogP) is 4.56. The highest BCUT2D eigenvalue weighted by Gasteiger charge is 2.13. The lowest BCUT2D eigenvalue weighted by atomic mass is 10.1. The van der Waals surface area contributed by atoms with Crippen LogP contribution in [0.1, 0.15) is 13.3 Å². The standard InChI is InChI=1S/C26H33N7O/c1-6-33(15-7-14-31(2)3)19-8-9-23(25(16-19)34-5)30-26-28-13-11-22(29-26)21-18-32(4)24-17-27-12-10-20(21)24/h8-13,16-18H,6-7,14-15H2,1-5H3,(H,28,29,30). The monoisotopic (exact) mass is 459 g/mol. The number of hydrogen-bond donors (Lipinski definition) is 1. The molecule has 0 aliphatic heterocycles. The molecule has 8 nitrogen and oxygen atoms in total. The lowest BCUT2D eigenvalue weighted by Gasteiger charge is -2.25. The molecule has 0 radical (unpaired) electrons. The van der Waals surface area contributed by atoms with E-state index < -0.39 is 0 Å². The van der Waals surface area contributed by atoms with Crippen molar-refractivity contribution < 1.29 is 4.74 Å². The summed E-state index contributed by atoms with van der Waals surface area (Å²) < 4.78 is 7.77. The van der Waals surface area contributed by atoms with Crippen molar-refractivity contribution >= 4 is 28.2 Å². The summed E-state index contributed by atoms with van der Waals surface area (Å²) in [7, 11) is 7.91. The van der Waals surface area contributed by atoms with E-state index in [0.717, 1.165) is 65.3 Å². The van der Waals surface area contributed by atoms with E-state index in [4.69, 9.17) is 9.72 Å². The molecule has 0 unspecified atom stereocenters. The highest BCUT2D eigenvalue weighted by Crippen LogP contribution is 2.33. The van der Waals surface area contributed by atoms with Crippen LogP contribution in [-0.4, -0.2) is 65.3 Å². The van der Waals surface area contributed by atoms with Gasteiger partial charge in [-0.1, -0.05) is 0 Å². The number of nitrogens with one attached hydrogen (secondary N) is 1. The number of ether oxygens (including phenoxy) is 1. The summed E-state index contributed by atoms with van der Waals surface area (Å²) in [6, 6.07) is 10.2. The Morgan fingerprint density at radius 1 is 1.09 bits per heavy atom. The van der Waals surface area contributed by atoms with E-state index in [0.29, 0.717) is 5.95 Å². The summed E-state index contributed by atoms with van der Waals surface area (Å²) in [5.41, 5.74) is 4.93. The first-order chi connectivity index (χ1) is 16.5. The third-order valence-corrected chi connectivity index (χ3v) is 5.94. The minimum Gasteiger partial charge on any atom is -0.494 e. The normalized spacial score (nSPS) is 11.2. The number of methoxy groups -OCH3 is 1. The van der Waals surface area contributed by atoms with Gasteiger partial charge in [0.05, 0.1) is 30.2 Å². The molecule has 1 N–H and O–H groups in total. The zero-order valence-corrected chi connectivity index (χ0v) is 20.6. The molecule has 0 aliphatic rings. The van der Waals surface area contributed by atoms with Gasteiger partial charge in [-0.05, 0) is 58.3 Å². The minimum absolute atomic E-state index is 0.521. The van der Waals surface area contributed by atoms with Gasteiger partial charge in [-0.25, -0.2) is 9.97 Å². The van der Waals surface area contributed by atoms with Crippen LogP contribution in [0.25, 0.3) is 22.2 Å². The Morgan fingerprint density at radius 3 is 2.71 bits per heavy atom. The number of anilines is 3. The van der Waals surface area contributed by atoms with Crippen molar-refractivity contribution in [2.75, 3.05) is 51.1 Å². The summed E-state index contributed by atoms with van der Waals surface area (Å²) in [5, 5.41) is 4.45. The molecule has 3 heterocycles. The molecule has 0 fully saturated rings. The summed E-state index contributed by atoms with van der Waals surface area (Å²) in [4.78, 5) is 18.0. The molecular formula is C26H33N7O. The van der Waals surface area contributed by atoms with Gasteiger partial charge in [0, 0.05) is 61.4 Å². The Morgan fingerprint density at radius 2 is 1.94 bits per heavy atom. The molecule has 0 spiro atoms. The van der Waals surface area contributed by atoms with E-state index in [1.807, 2.05) is 31.4 Å². The van der Waals surface area contributed by atoms with Gasteiger partial charge >= 0.3 is 0 Å².